The second-order valence-electron chi connectivity index (χ2n) is 3.66. The molecule has 5 heteroatoms. The highest BCUT2D eigenvalue weighted by atomic mass is 19.4. The maximum Gasteiger partial charge on any atom is 0.419 e. The van der Waals surface area contributed by atoms with Crippen molar-refractivity contribution >= 4 is 5.57 Å². The third-order valence-electron chi connectivity index (χ3n) is 2.35. The molecule has 1 rings (SSSR count). The van der Waals surface area contributed by atoms with E-state index in [-0.39, 0.29) is 0 Å². The zero-order valence-electron chi connectivity index (χ0n) is 9.31. The van der Waals surface area contributed by atoms with Gasteiger partial charge in [-0.15, -0.1) is 0 Å². The van der Waals surface area contributed by atoms with E-state index in [0.29, 0.717) is 24.1 Å². The molecule has 0 aromatic heterocycles. The van der Waals surface area contributed by atoms with E-state index in [9.17, 15) is 17.6 Å². The van der Waals surface area contributed by atoms with Crippen LogP contribution in [0.4, 0.5) is 17.6 Å². The van der Waals surface area contributed by atoms with Crippen molar-refractivity contribution in [1.29, 1.82) is 0 Å². The third-order valence-corrected chi connectivity index (χ3v) is 2.35. The highest BCUT2D eigenvalue weighted by molar-refractivity contribution is 5.64. The minimum Gasteiger partial charge on any atom is -0.330 e. The summed E-state index contributed by atoms with van der Waals surface area (Å²) >= 11 is 0. The van der Waals surface area contributed by atoms with Gasteiger partial charge in [0.2, 0.25) is 0 Å². The van der Waals surface area contributed by atoms with E-state index in [4.69, 9.17) is 5.73 Å². The average Bonchev–Trinajstić information content (AvgIpc) is 2.23. The second kappa shape index (κ2) is 5.31. The molecular weight excluding hydrogens is 234 g/mol. The molecule has 1 aromatic carbocycles. The van der Waals surface area contributed by atoms with Gasteiger partial charge in [-0.25, -0.2) is 4.39 Å². The minimum absolute atomic E-state index is 0.434. The van der Waals surface area contributed by atoms with E-state index >= 15 is 0 Å². The van der Waals surface area contributed by atoms with Crippen molar-refractivity contribution in [2.75, 3.05) is 6.54 Å². The summed E-state index contributed by atoms with van der Waals surface area (Å²) < 4.78 is 50.2. The van der Waals surface area contributed by atoms with Crippen LogP contribution >= 0.6 is 0 Å². The minimum atomic E-state index is -4.66. The lowest BCUT2D eigenvalue weighted by molar-refractivity contribution is -0.140. The fourth-order valence-corrected chi connectivity index (χ4v) is 1.41. The summed E-state index contributed by atoms with van der Waals surface area (Å²) in [5.74, 6) is -1.25. The molecule has 1 nitrogen and oxygen atoms in total. The molecule has 0 saturated heterocycles. The average molecular weight is 247 g/mol. The molecule has 0 bridgehead atoms. The Bertz CT molecular complexity index is 421. The van der Waals surface area contributed by atoms with Crippen LogP contribution in [0.2, 0.25) is 0 Å². The summed E-state index contributed by atoms with van der Waals surface area (Å²) in [7, 11) is 0. The van der Waals surface area contributed by atoms with Gasteiger partial charge in [0.25, 0.3) is 0 Å². The highest BCUT2D eigenvalue weighted by Gasteiger charge is 2.33. The summed E-state index contributed by atoms with van der Waals surface area (Å²) in [6.45, 7) is 2.15. The van der Waals surface area contributed by atoms with Crippen molar-refractivity contribution in [3.63, 3.8) is 0 Å². The summed E-state index contributed by atoms with van der Waals surface area (Å²) in [4.78, 5) is 0. The number of allylic oxidation sites excluding steroid dienone is 1. The summed E-state index contributed by atoms with van der Waals surface area (Å²) in [5.41, 5.74) is 5.20. The lowest BCUT2D eigenvalue weighted by Gasteiger charge is -2.09. The molecule has 0 unspecified atom stereocenters. The molecule has 0 aliphatic carbocycles. The first kappa shape index (κ1) is 13.7. The predicted octanol–water partition coefficient (Wildman–Crippen LogP) is 3.60. The van der Waals surface area contributed by atoms with Crippen LogP contribution in [0.5, 0.6) is 0 Å². The topological polar surface area (TPSA) is 26.0 Å². The molecule has 0 saturated carbocycles. The Hall–Kier alpha value is -1.36. The number of hydrogen-bond donors (Lipinski definition) is 1. The van der Waals surface area contributed by atoms with Gasteiger partial charge in [0, 0.05) is 0 Å². The van der Waals surface area contributed by atoms with E-state index in [1.807, 2.05) is 0 Å². The Kier molecular flexibility index (Phi) is 4.28. The molecular formula is C12H13F4N. The molecule has 0 heterocycles. The number of hydrogen-bond acceptors (Lipinski definition) is 1. The first-order valence-electron chi connectivity index (χ1n) is 5.10. The van der Waals surface area contributed by atoms with Gasteiger partial charge in [0.05, 0.1) is 5.56 Å². The zero-order chi connectivity index (χ0) is 13.1. The zero-order valence-corrected chi connectivity index (χ0v) is 9.31. The molecule has 0 radical (unpaired) electrons. The van der Waals surface area contributed by atoms with Crippen molar-refractivity contribution in [2.45, 2.75) is 19.5 Å². The number of halogens is 4. The Morgan fingerprint density at radius 2 is 2.00 bits per heavy atom. The van der Waals surface area contributed by atoms with Crippen LogP contribution < -0.4 is 5.73 Å². The number of alkyl halides is 3. The Labute approximate surface area is 96.9 Å². The van der Waals surface area contributed by atoms with Crippen molar-refractivity contribution in [3.05, 3.63) is 41.2 Å². The van der Waals surface area contributed by atoms with Gasteiger partial charge in [0.1, 0.15) is 5.82 Å². The van der Waals surface area contributed by atoms with E-state index in [1.165, 1.54) is 6.07 Å². The van der Waals surface area contributed by atoms with Gasteiger partial charge in [-0.2, -0.15) is 13.2 Å². The Morgan fingerprint density at radius 3 is 2.47 bits per heavy atom. The molecule has 0 aliphatic rings. The molecule has 1 aromatic rings. The van der Waals surface area contributed by atoms with Crippen LogP contribution in [0.15, 0.2) is 24.3 Å². The third kappa shape index (κ3) is 3.56. The maximum absolute atomic E-state index is 13.3. The normalized spacial score (nSPS) is 12.9. The molecule has 94 valence electrons. The molecule has 0 atom stereocenters. The quantitative estimate of drug-likeness (QED) is 0.811. The molecule has 0 aliphatic heterocycles. The first-order chi connectivity index (χ1) is 7.86. The van der Waals surface area contributed by atoms with Crippen LogP contribution in [0, 0.1) is 5.82 Å². The Morgan fingerprint density at radius 1 is 1.35 bits per heavy atom. The van der Waals surface area contributed by atoms with Crippen LogP contribution in [-0.4, -0.2) is 6.54 Å². The van der Waals surface area contributed by atoms with E-state index in [2.05, 4.69) is 0 Å². The standard InChI is InChI=1S/C12H13F4N/c1-8(3-2-6-17)9-4-5-10(11(13)7-9)12(14,15)16/h3-5,7H,2,6,17H2,1H3/b8-3-. The molecule has 2 N–H and O–H groups in total. The lowest BCUT2D eigenvalue weighted by atomic mass is 10.0. The van der Waals surface area contributed by atoms with Gasteiger partial charge >= 0.3 is 6.18 Å². The van der Waals surface area contributed by atoms with Gasteiger partial charge in [0.15, 0.2) is 0 Å². The largest absolute Gasteiger partial charge is 0.419 e. The van der Waals surface area contributed by atoms with E-state index in [1.54, 1.807) is 13.0 Å². The molecule has 0 spiro atoms. The van der Waals surface area contributed by atoms with Crippen LogP contribution in [0.3, 0.4) is 0 Å². The lowest BCUT2D eigenvalue weighted by Crippen LogP contribution is -2.08. The predicted molar refractivity (Wildman–Crippen MR) is 58.7 cm³/mol. The molecule has 0 fully saturated rings. The van der Waals surface area contributed by atoms with E-state index < -0.39 is 17.6 Å². The van der Waals surface area contributed by atoms with Crippen molar-refractivity contribution < 1.29 is 17.6 Å². The van der Waals surface area contributed by atoms with Gasteiger partial charge in [-0.05, 0) is 43.2 Å². The molecule has 17 heavy (non-hydrogen) atoms. The summed E-state index contributed by atoms with van der Waals surface area (Å²) in [5, 5.41) is 0. The number of nitrogens with two attached hydrogens (primary N) is 1. The maximum atomic E-state index is 13.3. The second-order valence-corrected chi connectivity index (χ2v) is 3.66. The van der Waals surface area contributed by atoms with Crippen molar-refractivity contribution in [3.8, 4) is 0 Å². The van der Waals surface area contributed by atoms with Gasteiger partial charge in [-0.3, -0.25) is 0 Å². The monoisotopic (exact) mass is 247 g/mol. The van der Waals surface area contributed by atoms with Gasteiger partial charge < -0.3 is 5.73 Å². The Balaban J connectivity index is 3.05. The highest BCUT2D eigenvalue weighted by Crippen LogP contribution is 2.32. The summed E-state index contributed by atoms with van der Waals surface area (Å²) in [6, 6.07) is 2.91. The SMILES string of the molecule is C/C(=C/CCN)c1ccc(C(F)(F)F)c(F)c1. The number of benzene rings is 1. The van der Waals surface area contributed by atoms with Crippen LogP contribution in [0.25, 0.3) is 5.57 Å². The van der Waals surface area contributed by atoms with Crippen molar-refractivity contribution in [1.82, 2.24) is 0 Å². The number of rotatable bonds is 3. The van der Waals surface area contributed by atoms with E-state index in [0.717, 1.165) is 12.1 Å². The van der Waals surface area contributed by atoms with Crippen molar-refractivity contribution in [2.24, 2.45) is 5.73 Å². The fourth-order valence-electron chi connectivity index (χ4n) is 1.41. The molecule has 0 amide bonds. The van der Waals surface area contributed by atoms with Gasteiger partial charge in [-0.1, -0.05) is 12.1 Å². The smallest absolute Gasteiger partial charge is 0.330 e. The van der Waals surface area contributed by atoms with Crippen LogP contribution in [0.1, 0.15) is 24.5 Å². The first-order valence-corrected chi connectivity index (χ1v) is 5.10. The van der Waals surface area contributed by atoms with Crippen LogP contribution in [-0.2, 0) is 6.18 Å². The summed E-state index contributed by atoms with van der Waals surface area (Å²) in [6.07, 6.45) is -2.28. The fraction of sp³-hybridized carbons (Fsp3) is 0.333.